The van der Waals surface area contributed by atoms with E-state index >= 15 is 0 Å². The van der Waals surface area contributed by atoms with Gasteiger partial charge >= 0.3 is 225 Å². The van der Waals surface area contributed by atoms with Gasteiger partial charge in [-0.2, -0.15) is 0 Å². The molecule has 0 heterocycles. The summed E-state index contributed by atoms with van der Waals surface area (Å²) in [6, 6.07) is 11.3. The van der Waals surface area contributed by atoms with Crippen LogP contribution >= 0.6 is 0 Å². The van der Waals surface area contributed by atoms with Gasteiger partial charge in [0.05, 0.1) is 0 Å². The summed E-state index contributed by atoms with van der Waals surface area (Å²) >= 11 is -3.67. The second-order valence-electron chi connectivity index (χ2n) is 12.6. The fourth-order valence-corrected chi connectivity index (χ4v) is 55.5. The van der Waals surface area contributed by atoms with E-state index in [4.69, 9.17) is 0 Å². The number of aryl methyl sites for hydroxylation is 4. The van der Waals surface area contributed by atoms with Gasteiger partial charge in [-0.15, -0.1) is 0 Å². The summed E-state index contributed by atoms with van der Waals surface area (Å²) in [5, 5.41) is 0. The molecular formula is C34H50HfSi. The Kier molecular flexibility index (Phi) is 8.28. The van der Waals surface area contributed by atoms with Gasteiger partial charge in [-0.05, 0) is 0 Å². The summed E-state index contributed by atoms with van der Waals surface area (Å²) in [6.45, 7) is 16.8. The van der Waals surface area contributed by atoms with Crippen LogP contribution in [0.2, 0.25) is 15.4 Å². The molecule has 0 aromatic heterocycles. The van der Waals surface area contributed by atoms with Crippen LogP contribution in [0.15, 0.2) is 35.4 Å². The van der Waals surface area contributed by atoms with Crippen molar-refractivity contribution in [2.24, 2.45) is 0 Å². The van der Waals surface area contributed by atoms with Gasteiger partial charge in [-0.25, -0.2) is 0 Å². The van der Waals surface area contributed by atoms with Gasteiger partial charge in [0, 0.05) is 0 Å². The molecule has 2 aliphatic rings. The van der Waals surface area contributed by atoms with Gasteiger partial charge in [0.1, 0.15) is 0 Å². The molecule has 2 aliphatic carbocycles. The average molecular weight is 665 g/mol. The van der Waals surface area contributed by atoms with Crippen molar-refractivity contribution in [3.8, 4) is 0 Å². The van der Waals surface area contributed by atoms with E-state index in [2.05, 4.69) is 94.2 Å². The van der Waals surface area contributed by atoms with Crippen molar-refractivity contribution < 1.29 is 17.1 Å². The maximum atomic E-state index is 2.94. The SMILES string of the molecule is CCCC[SiH]=[Hf]([CH3])([CH3])([CH]1C(C)=Cc2c(CC)ccc(CC)c21)[CH]1C(C)=Cc2c(CC)ccc(CC)c21. The normalized spacial score (nSPS) is 19.2. The number of hydrogen-bond acceptors (Lipinski definition) is 0. The minimum absolute atomic E-state index is 0.451. The van der Waals surface area contributed by atoms with E-state index in [-0.39, 0.29) is 0 Å². The molecule has 0 spiro atoms. The molecule has 2 atom stereocenters. The van der Waals surface area contributed by atoms with Gasteiger partial charge in [0.15, 0.2) is 0 Å². The molecule has 2 aromatic carbocycles. The first-order valence-electron chi connectivity index (χ1n) is 14.9. The number of fused-ring (bicyclic) bond motifs is 2. The summed E-state index contributed by atoms with van der Waals surface area (Å²) < 4.78 is 7.26. The Morgan fingerprint density at radius 1 is 0.639 bits per heavy atom. The van der Waals surface area contributed by atoms with Crippen molar-refractivity contribution in [1.29, 1.82) is 0 Å². The van der Waals surface area contributed by atoms with Crippen LogP contribution in [0.4, 0.5) is 0 Å². The predicted molar refractivity (Wildman–Crippen MR) is 162 cm³/mol. The number of rotatable bonds is 9. The Labute approximate surface area is 224 Å². The van der Waals surface area contributed by atoms with Crippen LogP contribution in [0, 0.1) is 0 Å². The third-order valence-electron chi connectivity index (χ3n) is 9.86. The average Bonchev–Trinajstić information content (AvgIpc) is 3.41. The molecule has 0 bridgehead atoms. The van der Waals surface area contributed by atoms with Gasteiger partial charge in [0.2, 0.25) is 0 Å². The molecule has 0 N–H and O–H groups in total. The molecule has 0 nitrogen and oxygen atoms in total. The minimum atomic E-state index is -3.67. The Morgan fingerprint density at radius 3 is 1.39 bits per heavy atom. The van der Waals surface area contributed by atoms with Crippen molar-refractivity contribution in [2.75, 3.05) is 0 Å². The Morgan fingerprint density at radius 2 is 1.03 bits per heavy atom. The quantitative estimate of drug-likeness (QED) is 0.185. The fourth-order valence-electron chi connectivity index (χ4n) is 8.30. The van der Waals surface area contributed by atoms with Crippen LogP contribution in [0.25, 0.3) is 12.2 Å². The van der Waals surface area contributed by atoms with Crippen LogP contribution in [-0.4, -0.2) is 6.22 Å². The van der Waals surface area contributed by atoms with E-state index in [1.54, 1.807) is 55.7 Å². The third kappa shape index (κ3) is 4.37. The van der Waals surface area contributed by atoms with E-state index in [1.807, 2.05) is 0 Å². The van der Waals surface area contributed by atoms with E-state index in [0.29, 0.717) is 13.6 Å². The Hall–Kier alpha value is -0.993. The van der Waals surface area contributed by atoms with Crippen molar-refractivity contribution in [1.82, 2.24) is 0 Å². The topological polar surface area (TPSA) is 0 Å². The Bertz CT molecular complexity index is 1210. The van der Waals surface area contributed by atoms with Crippen molar-refractivity contribution >= 4 is 18.4 Å². The second kappa shape index (κ2) is 10.6. The first-order chi connectivity index (χ1) is 17.1. The first-order valence-corrected chi connectivity index (χ1v) is 33.8. The zero-order valence-corrected chi connectivity index (χ0v) is 29.4. The summed E-state index contributed by atoms with van der Waals surface area (Å²) in [5.41, 5.74) is 16.5. The number of allylic oxidation sites excluding steroid dienone is 2. The molecule has 194 valence electrons. The zero-order valence-electron chi connectivity index (χ0n) is 24.6. The van der Waals surface area contributed by atoms with E-state index in [1.165, 1.54) is 18.9 Å². The predicted octanol–water partition coefficient (Wildman–Crippen LogP) is 9.91. The van der Waals surface area contributed by atoms with Gasteiger partial charge in [-0.1, -0.05) is 0 Å². The van der Waals surface area contributed by atoms with Crippen LogP contribution in [0.3, 0.4) is 0 Å². The van der Waals surface area contributed by atoms with Gasteiger partial charge in [0.25, 0.3) is 0 Å². The summed E-state index contributed by atoms with van der Waals surface area (Å²) in [7, 11) is 0. The third-order valence-corrected chi connectivity index (χ3v) is 52.7. The molecule has 0 amide bonds. The molecule has 0 saturated carbocycles. The summed E-state index contributed by atoms with van der Waals surface area (Å²) in [5.74, 6) is 0. The van der Waals surface area contributed by atoms with Gasteiger partial charge < -0.3 is 0 Å². The molecule has 36 heavy (non-hydrogen) atoms. The number of hydrogen-bond donors (Lipinski definition) is 0. The van der Waals surface area contributed by atoms with E-state index in [9.17, 15) is 0 Å². The molecule has 2 heteroatoms. The number of benzene rings is 2. The van der Waals surface area contributed by atoms with Crippen LogP contribution in [0.5, 0.6) is 0 Å². The molecule has 4 rings (SSSR count). The fraction of sp³-hybridized carbons (Fsp3) is 0.529. The van der Waals surface area contributed by atoms with Gasteiger partial charge in [-0.3, -0.25) is 0 Å². The molecule has 0 fully saturated rings. The number of unbranched alkanes of at least 4 members (excludes halogenated alkanes) is 1. The van der Waals surface area contributed by atoms with Crippen LogP contribution in [-0.2, 0) is 42.8 Å². The molecular weight excluding hydrogens is 615 g/mol. The Balaban J connectivity index is 2.09. The first kappa shape index (κ1) is 28.0. The molecule has 0 radical (unpaired) electrons. The summed E-state index contributed by atoms with van der Waals surface area (Å²) in [6.07, 6.45) is 13.0. The standard InChI is InChI=1S/2C14H17.C4H10Si.2CH3.Hf/c2*1-4-11-6-7-12(5-2)14-9-10(3)8-13(11)14;1-2-3-4-5;;;/h2*6-9H,4-5H2,1-3H3;5H,2-4H2,1H3;2*1H3;. The summed E-state index contributed by atoms with van der Waals surface area (Å²) in [4.78, 5) is 0. The van der Waals surface area contributed by atoms with Crippen LogP contribution in [0.1, 0.15) is 113 Å². The maximum absolute atomic E-state index is 3.67. The van der Waals surface area contributed by atoms with E-state index < -0.39 is 17.1 Å². The zero-order chi connectivity index (χ0) is 26.3. The van der Waals surface area contributed by atoms with E-state index in [0.717, 1.165) is 25.7 Å². The molecule has 2 unspecified atom stereocenters. The van der Waals surface area contributed by atoms with Crippen LogP contribution < -0.4 is 0 Å². The monoisotopic (exact) mass is 666 g/mol. The molecule has 0 aliphatic heterocycles. The molecule has 2 aromatic rings. The van der Waals surface area contributed by atoms with Crippen molar-refractivity contribution in [3.63, 3.8) is 0 Å². The van der Waals surface area contributed by atoms with Crippen molar-refractivity contribution in [2.45, 2.75) is 110 Å². The van der Waals surface area contributed by atoms with Crippen molar-refractivity contribution in [3.05, 3.63) is 79.9 Å². The second-order valence-corrected chi connectivity index (χ2v) is 56.6. The molecule has 0 saturated heterocycles.